The molecule has 2 aromatic carbocycles. The topological polar surface area (TPSA) is 72.7 Å². The molecular weight excluding hydrogens is 366 g/mol. The summed E-state index contributed by atoms with van der Waals surface area (Å²) in [6.07, 6.45) is 1.77. The van der Waals surface area contributed by atoms with Crippen molar-refractivity contribution in [2.75, 3.05) is 5.32 Å². The number of aromatic nitrogens is 4. The van der Waals surface area contributed by atoms with Gasteiger partial charge in [0.05, 0.1) is 11.4 Å². The quantitative estimate of drug-likeness (QED) is 0.564. The van der Waals surface area contributed by atoms with E-state index in [1.807, 2.05) is 54.6 Å². The summed E-state index contributed by atoms with van der Waals surface area (Å²) in [7, 11) is 0. The van der Waals surface area contributed by atoms with Gasteiger partial charge in [0.15, 0.2) is 10.0 Å². The van der Waals surface area contributed by atoms with E-state index in [2.05, 4.69) is 20.6 Å². The van der Waals surface area contributed by atoms with Gasteiger partial charge in [-0.2, -0.15) is 5.10 Å². The first-order valence-corrected chi connectivity index (χ1v) is 9.45. The van der Waals surface area contributed by atoms with Crippen molar-refractivity contribution in [1.29, 1.82) is 0 Å². The van der Waals surface area contributed by atoms with E-state index in [4.69, 9.17) is 0 Å². The lowest BCUT2D eigenvalue weighted by Crippen LogP contribution is -2.13. The number of carbonyl (C=O) groups excluding carboxylic acids is 1. The van der Waals surface area contributed by atoms with Crippen molar-refractivity contribution in [2.24, 2.45) is 0 Å². The summed E-state index contributed by atoms with van der Waals surface area (Å²) in [5.41, 5.74) is 3.65. The van der Waals surface area contributed by atoms with Gasteiger partial charge in [-0.15, -0.1) is 10.2 Å². The summed E-state index contributed by atoms with van der Waals surface area (Å²) in [4.78, 5) is 13.5. The lowest BCUT2D eigenvalue weighted by Gasteiger charge is -2.08. The van der Waals surface area contributed by atoms with E-state index in [1.54, 1.807) is 22.5 Å². The van der Waals surface area contributed by atoms with Crippen LogP contribution in [0, 0.1) is 0 Å². The zero-order valence-corrected chi connectivity index (χ0v) is 15.1. The molecule has 2 aromatic heterocycles. The van der Waals surface area contributed by atoms with Crippen LogP contribution >= 0.6 is 23.1 Å². The SMILES string of the molecule is O=C(Nc1ccccc1Sc1nncs1)c1ccn(-c2ccccc2)n1. The molecule has 0 aliphatic heterocycles. The van der Waals surface area contributed by atoms with E-state index in [9.17, 15) is 4.79 Å². The lowest BCUT2D eigenvalue weighted by molar-refractivity contribution is 0.102. The molecule has 0 aliphatic rings. The maximum Gasteiger partial charge on any atom is 0.276 e. The Bertz CT molecular complexity index is 1020. The summed E-state index contributed by atoms with van der Waals surface area (Å²) in [5.74, 6) is -0.259. The molecule has 0 fully saturated rings. The monoisotopic (exact) mass is 379 g/mol. The molecule has 0 saturated carbocycles. The number of para-hydroxylation sites is 2. The molecule has 1 N–H and O–H groups in total. The summed E-state index contributed by atoms with van der Waals surface area (Å²) in [6.45, 7) is 0. The van der Waals surface area contributed by atoms with Gasteiger partial charge in [-0.25, -0.2) is 4.68 Å². The number of anilines is 1. The van der Waals surface area contributed by atoms with Crippen LogP contribution in [-0.4, -0.2) is 25.9 Å². The van der Waals surface area contributed by atoms with Gasteiger partial charge in [-0.05, 0) is 30.3 Å². The van der Waals surface area contributed by atoms with E-state index in [1.165, 1.54) is 23.1 Å². The van der Waals surface area contributed by atoms with Crippen LogP contribution in [-0.2, 0) is 0 Å². The Morgan fingerprint density at radius 1 is 1.04 bits per heavy atom. The zero-order valence-electron chi connectivity index (χ0n) is 13.4. The summed E-state index contributed by atoms with van der Waals surface area (Å²) in [5, 5.41) is 15.2. The maximum absolute atomic E-state index is 12.6. The second-order valence-corrected chi connectivity index (χ2v) is 7.36. The largest absolute Gasteiger partial charge is 0.320 e. The fraction of sp³-hybridized carbons (Fsp3) is 0. The Morgan fingerprint density at radius 2 is 1.85 bits per heavy atom. The number of hydrogen-bond acceptors (Lipinski definition) is 6. The van der Waals surface area contributed by atoms with Gasteiger partial charge in [0.2, 0.25) is 0 Å². The molecule has 4 aromatic rings. The minimum absolute atomic E-state index is 0.259. The minimum atomic E-state index is -0.259. The number of nitrogens with one attached hydrogen (secondary N) is 1. The Labute approximate surface area is 157 Å². The molecule has 2 heterocycles. The molecule has 0 aliphatic carbocycles. The normalized spacial score (nSPS) is 10.6. The van der Waals surface area contributed by atoms with Crippen molar-refractivity contribution >= 4 is 34.7 Å². The summed E-state index contributed by atoms with van der Waals surface area (Å²) in [6, 6.07) is 18.9. The molecule has 0 bridgehead atoms. The van der Waals surface area contributed by atoms with Crippen molar-refractivity contribution in [2.45, 2.75) is 9.24 Å². The van der Waals surface area contributed by atoms with Gasteiger partial charge < -0.3 is 5.32 Å². The van der Waals surface area contributed by atoms with Crippen molar-refractivity contribution < 1.29 is 4.79 Å². The Kier molecular flexibility index (Phi) is 4.76. The van der Waals surface area contributed by atoms with E-state index < -0.39 is 0 Å². The highest BCUT2D eigenvalue weighted by Crippen LogP contribution is 2.34. The van der Waals surface area contributed by atoms with Crippen LogP contribution in [0.25, 0.3) is 5.69 Å². The van der Waals surface area contributed by atoms with Gasteiger partial charge in [-0.3, -0.25) is 4.79 Å². The van der Waals surface area contributed by atoms with Crippen LogP contribution in [0.1, 0.15) is 10.5 Å². The Hall–Kier alpha value is -2.97. The smallest absolute Gasteiger partial charge is 0.276 e. The standard InChI is InChI=1S/C18H13N5OS2/c24-17(15-10-11-23(22-15)13-6-2-1-3-7-13)20-14-8-4-5-9-16(14)26-18-21-19-12-25-18/h1-12H,(H,20,24). The number of nitrogens with zero attached hydrogens (tertiary/aromatic N) is 4. The fourth-order valence-corrected chi connectivity index (χ4v) is 3.84. The highest BCUT2D eigenvalue weighted by molar-refractivity contribution is 8.01. The molecular formula is C18H13N5OS2. The van der Waals surface area contributed by atoms with Crippen molar-refractivity contribution in [1.82, 2.24) is 20.0 Å². The highest BCUT2D eigenvalue weighted by Gasteiger charge is 2.13. The Morgan fingerprint density at radius 3 is 2.65 bits per heavy atom. The van der Waals surface area contributed by atoms with Gasteiger partial charge in [-0.1, -0.05) is 53.4 Å². The van der Waals surface area contributed by atoms with Crippen LogP contribution < -0.4 is 5.32 Å². The predicted octanol–water partition coefficient (Wildman–Crippen LogP) is 4.13. The van der Waals surface area contributed by atoms with Crippen LogP contribution in [0.4, 0.5) is 5.69 Å². The lowest BCUT2D eigenvalue weighted by atomic mass is 10.3. The molecule has 0 spiro atoms. The van der Waals surface area contributed by atoms with E-state index >= 15 is 0 Å². The molecule has 1 amide bonds. The first kappa shape index (κ1) is 16.5. The second kappa shape index (κ2) is 7.51. The van der Waals surface area contributed by atoms with E-state index in [0.717, 1.165) is 14.9 Å². The van der Waals surface area contributed by atoms with Crippen molar-refractivity contribution in [3.63, 3.8) is 0 Å². The molecule has 0 atom stereocenters. The van der Waals surface area contributed by atoms with Crippen LogP contribution in [0.5, 0.6) is 0 Å². The summed E-state index contributed by atoms with van der Waals surface area (Å²) < 4.78 is 2.50. The van der Waals surface area contributed by atoms with Gasteiger partial charge in [0, 0.05) is 11.1 Å². The molecule has 0 saturated heterocycles. The number of carbonyl (C=O) groups is 1. The molecule has 6 nitrogen and oxygen atoms in total. The van der Waals surface area contributed by atoms with Crippen LogP contribution in [0.2, 0.25) is 0 Å². The number of rotatable bonds is 5. The van der Waals surface area contributed by atoms with E-state index in [-0.39, 0.29) is 5.91 Å². The van der Waals surface area contributed by atoms with Gasteiger partial charge >= 0.3 is 0 Å². The highest BCUT2D eigenvalue weighted by atomic mass is 32.2. The number of hydrogen-bond donors (Lipinski definition) is 1. The third-order valence-electron chi connectivity index (χ3n) is 3.52. The molecule has 4 rings (SSSR count). The minimum Gasteiger partial charge on any atom is -0.320 e. The first-order chi connectivity index (χ1) is 12.8. The third-order valence-corrected chi connectivity index (χ3v) is 5.37. The van der Waals surface area contributed by atoms with Crippen molar-refractivity contribution in [3.05, 3.63) is 78.1 Å². The average molecular weight is 379 g/mol. The number of amides is 1. The van der Waals surface area contributed by atoms with Crippen molar-refractivity contribution in [3.8, 4) is 5.69 Å². The average Bonchev–Trinajstić information content (AvgIpc) is 3.36. The van der Waals surface area contributed by atoms with Gasteiger partial charge in [0.1, 0.15) is 5.51 Å². The van der Waals surface area contributed by atoms with Crippen LogP contribution in [0.3, 0.4) is 0 Å². The molecule has 128 valence electrons. The predicted molar refractivity (Wildman–Crippen MR) is 102 cm³/mol. The Balaban J connectivity index is 1.53. The first-order valence-electron chi connectivity index (χ1n) is 7.75. The zero-order chi connectivity index (χ0) is 17.8. The molecule has 0 radical (unpaired) electrons. The number of benzene rings is 2. The maximum atomic E-state index is 12.6. The van der Waals surface area contributed by atoms with Gasteiger partial charge in [0.25, 0.3) is 5.91 Å². The van der Waals surface area contributed by atoms with Crippen LogP contribution in [0.15, 0.2) is 81.6 Å². The molecule has 8 heteroatoms. The molecule has 0 unspecified atom stereocenters. The summed E-state index contributed by atoms with van der Waals surface area (Å²) >= 11 is 2.92. The fourth-order valence-electron chi connectivity index (χ4n) is 2.32. The third kappa shape index (κ3) is 3.66. The molecule has 26 heavy (non-hydrogen) atoms. The second-order valence-electron chi connectivity index (χ2n) is 5.24. The van der Waals surface area contributed by atoms with E-state index in [0.29, 0.717) is 11.4 Å².